The average molecular weight is 412 g/mol. The minimum Gasteiger partial charge on any atom is -0.350 e. The van der Waals surface area contributed by atoms with Crippen molar-refractivity contribution in [3.05, 3.63) is 65.1 Å². The number of fused-ring (bicyclic) bond motifs is 1. The summed E-state index contributed by atoms with van der Waals surface area (Å²) in [5.74, 6) is 0. The summed E-state index contributed by atoms with van der Waals surface area (Å²) in [6.07, 6.45) is 10.5. The summed E-state index contributed by atoms with van der Waals surface area (Å²) in [7, 11) is 4.07. The van der Waals surface area contributed by atoms with Crippen LogP contribution < -0.4 is 4.57 Å². The van der Waals surface area contributed by atoms with E-state index in [9.17, 15) is 0 Å². The van der Waals surface area contributed by atoms with E-state index < -0.39 is 0 Å². The maximum Gasteiger partial charge on any atom is 0.169 e. The Labute approximate surface area is 146 Å². The third-order valence-electron chi connectivity index (χ3n) is 3.44. The highest BCUT2D eigenvalue weighted by molar-refractivity contribution is 14.0. The summed E-state index contributed by atoms with van der Waals surface area (Å²) in [5.41, 5.74) is 3.55. The van der Waals surface area contributed by atoms with Crippen LogP contribution in [0.4, 0.5) is 0 Å². The van der Waals surface area contributed by atoms with Crippen molar-refractivity contribution in [3.8, 4) is 0 Å². The molecule has 2 heterocycles. The van der Waals surface area contributed by atoms with Crippen LogP contribution in [0.15, 0.2) is 48.9 Å². The zero-order valence-electron chi connectivity index (χ0n) is 12.0. The number of benzene rings is 1. The predicted octanol–water partition coefficient (Wildman–Crippen LogP) is 4.44. The number of nitrogens with zero attached hydrogens (tertiary/aromatic N) is 2. The van der Waals surface area contributed by atoms with Gasteiger partial charge in [0.05, 0.1) is 0 Å². The lowest BCUT2D eigenvalue weighted by Gasteiger charge is -1.96. The third kappa shape index (κ3) is 3.47. The number of pyridine rings is 1. The molecule has 4 heteroatoms. The van der Waals surface area contributed by atoms with E-state index in [0.29, 0.717) is 0 Å². The maximum absolute atomic E-state index is 6.10. The van der Waals surface area contributed by atoms with Gasteiger partial charge in [0.2, 0.25) is 0 Å². The van der Waals surface area contributed by atoms with E-state index in [1.165, 1.54) is 22.0 Å². The van der Waals surface area contributed by atoms with Gasteiger partial charge in [0.15, 0.2) is 12.4 Å². The van der Waals surface area contributed by atoms with Gasteiger partial charge in [-0.2, -0.15) is 0 Å². The fraction of sp³-hybridized carbons (Fsp3) is 0.118. The Bertz CT molecular complexity index is 788. The third-order valence-corrected chi connectivity index (χ3v) is 3.68. The van der Waals surface area contributed by atoms with Crippen molar-refractivity contribution in [1.82, 2.24) is 4.57 Å². The standard InChI is InChI=1S/C17H16ClN2.HI/c1-19-9-7-13(8-10-19)3-4-14-12-20(2)17-6-5-15(18)11-16(14)17;/h3-12H,1-2H3;1H/q+1;. The van der Waals surface area contributed by atoms with Crippen LogP contribution in [0.5, 0.6) is 0 Å². The second kappa shape index (κ2) is 6.62. The second-order valence-electron chi connectivity index (χ2n) is 4.99. The molecule has 0 radical (unpaired) electrons. The summed E-state index contributed by atoms with van der Waals surface area (Å²) < 4.78 is 4.14. The van der Waals surface area contributed by atoms with Crippen molar-refractivity contribution >= 4 is 58.6 Å². The molecule has 0 atom stereocenters. The molecule has 3 aromatic rings. The molecule has 0 saturated carbocycles. The van der Waals surface area contributed by atoms with Crippen LogP contribution in [-0.4, -0.2) is 4.57 Å². The molecular weight excluding hydrogens is 395 g/mol. The summed E-state index contributed by atoms with van der Waals surface area (Å²) in [6, 6.07) is 10.2. The molecule has 1 aromatic carbocycles. The number of hydrogen-bond donors (Lipinski definition) is 0. The molecule has 0 bridgehead atoms. The van der Waals surface area contributed by atoms with Crippen molar-refractivity contribution < 1.29 is 4.57 Å². The number of halogens is 2. The van der Waals surface area contributed by atoms with E-state index in [0.717, 1.165) is 5.02 Å². The molecule has 108 valence electrons. The van der Waals surface area contributed by atoms with E-state index in [4.69, 9.17) is 11.6 Å². The van der Waals surface area contributed by atoms with Gasteiger partial charge in [-0.05, 0) is 23.8 Å². The van der Waals surface area contributed by atoms with Crippen LogP contribution in [-0.2, 0) is 14.1 Å². The first kappa shape index (κ1) is 16.0. The first-order valence-electron chi connectivity index (χ1n) is 6.51. The SMILES string of the molecule is Cn1cc(/C=C/c2cc[n+](C)cc2)c2cc(Cl)ccc21.I. The fourth-order valence-corrected chi connectivity index (χ4v) is 2.51. The number of hydrogen-bond acceptors (Lipinski definition) is 0. The molecule has 0 saturated heterocycles. The number of aryl methyl sites for hydroxylation is 2. The zero-order valence-corrected chi connectivity index (χ0v) is 15.0. The van der Waals surface area contributed by atoms with Crippen molar-refractivity contribution in [1.29, 1.82) is 0 Å². The first-order valence-corrected chi connectivity index (χ1v) is 6.89. The highest BCUT2D eigenvalue weighted by Gasteiger charge is 2.04. The lowest BCUT2D eigenvalue weighted by atomic mass is 10.1. The zero-order chi connectivity index (χ0) is 14.1. The van der Waals surface area contributed by atoms with Crippen LogP contribution in [0.25, 0.3) is 23.1 Å². The van der Waals surface area contributed by atoms with Gasteiger partial charge < -0.3 is 4.57 Å². The molecule has 2 aromatic heterocycles. The normalized spacial score (nSPS) is 11.0. The Hall–Kier alpha value is -1.33. The van der Waals surface area contributed by atoms with Gasteiger partial charge >= 0.3 is 0 Å². The van der Waals surface area contributed by atoms with Gasteiger partial charge in [-0.1, -0.05) is 23.8 Å². The quantitative estimate of drug-likeness (QED) is 0.435. The molecule has 0 aliphatic rings. The average Bonchev–Trinajstić information content (AvgIpc) is 2.74. The molecule has 21 heavy (non-hydrogen) atoms. The summed E-state index contributed by atoms with van der Waals surface area (Å²) >= 11 is 6.10. The van der Waals surface area contributed by atoms with E-state index in [1.54, 1.807) is 0 Å². The molecular formula is C17H17ClIN2+. The molecule has 0 N–H and O–H groups in total. The molecule has 0 aliphatic heterocycles. The summed E-state index contributed by atoms with van der Waals surface area (Å²) in [5, 5.41) is 1.95. The van der Waals surface area contributed by atoms with Crippen LogP contribution in [0.1, 0.15) is 11.1 Å². The molecule has 0 spiro atoms. The van der Waals surface area contributed by atoms with Gasteiger partial charge in [-0.3, -0.25) is 0 Å². The van der Waals surface area contributed by atoms with E-state index in [2.05, 4.69) is 48.2 Å². The number of rotatable bonds is 2. The van der Waals surface area contributed by atoms with E-state index >= 15 is 0 Å². The largest absolute Gasteiger partial charge is 0.350 e. The first-order chi connectivity index (χ1) is 9.63. The Morgan fingerprint density at radius 3 is 2.52 bits per heavy atom. The molecule has 0 unspecified atom stereocenters. The number of aromatic nitrogens is 2. The highest BCUT2D eigenvalue weighted by Crippen LogP contribution is 2.25. The predicted molar refractivity (Wildman–Crippen MR) is 99.9 cm³/mol. The minimum atomic E-state index is 0. The van der Waals surface area contributed by atoms with E-state index in [-0.39, 0.29) is 24.0 Å². The van der Waals surface area contributed by atoms with Gasteiger partial charge in [-0.25, -0.2) is 4.57 Å². The van der Waals surface area contributed by atoms with Gasteiger partial charge in [-0.15, -0.1) is 24.0 Å². The maximum atomic E-state index is 6.10. The Morgan fingerprint density at radius 2 is 1.81 bits per heavy atom. The van der Waals surface area contributed by atoms with Crippen LogP contribution in [0.3, 0.4) is 0 Å². The summed E-state index contributed by atoms with van der Waals surface area (Å²) in [4.78, 5) is 0. The Kier molecular flexibility index (Phi) is 5.06. The fourth-order valence-electron chi connectivity index (χ4n) is 2.34. The Balaban J connectivity index is 0.00000161. The van der Waals surface area contributed by atoms with Crippen molar-refractivity contribution in [2.45, 2.75) is 0 Å². The monoisotopic (exact) mass is 411 g/mol. The van der Waals surface area contributed by atoms with Gasteiger partial charge in [0.1, 0.15) is 7.05 Å². The lowest BCUT2D eigenvalue weighted by molar-refractivity contribution is -0.671. The Morgan fingerprint density at radius 1 is 1.10 bits per heavy atom. The van der Waals surface area contributed by atoms with Crippen LogP contribution in [0, 0.1) is 0 Å². The lowest BCUT2D eigenvalue weighted by Crippen LogP contribution is -2.25. The highest BCUT2D eigenvalue weighted by atomic mass is 127. The molecule has 3 rings (SSSR count). The summed E-state index contributed by atoms with van der Waals surface area (Å²) in [6.45, 7) is 0. The van der Waals surface area contributed by atoms with Gasteiger partial charge in [0, 0.05) is 46.9 Å². The molecule has 0 aliphatic carbocycles. The van der Waals surface area contributed by atoms with Crippen LogP contribution >= 0.6 is 35.6 Å². The van der Waals surface area contributed by atoms with Crippen molar-refractivity contribution in [2.75, 3.05) is 0 Å². The topological polar surface area (TPSA) is 8.81 Å². The molecule has 2 nitrogen and oxygen atoms in total. The van der Waals surface area contributed by atoms with Crippen molar-refractivity contribution in [3.63, 3.8) is 0 Å². The smallest absolute Gasteiger partial charge is 0.169 e. The molecule has 0 fully saturated rings. The van der Waals surface area contributed by atoms with Crippen LogP contribution in [0.2, 0.25) is 5.02 Å². The van der Waals surface area contributed by atoms with Gasteiger partial charge in [0.25, 0.3) is 0 Å². The minimum absolute atomic E-state index is 0. The van der Waals surface area contributed by atoms with Crippen molar-refractivity contribution in [2.24, 2.45) is 14.1 Å². The molecule has 0 amide bonds. The second-order valence-corrected chi connectivity index (χ2v) is 5.42. The van der Waals surface area contributed by atoms with E-state index in [1.807, 2.05) is 36.1 Å².